The van der Waals surface area contributed by atoms with Gasteiger partial charge in [-0.2, -0.15) is 0 Å². The molecule has 2 heteroatoms. The molecule has 0 aliphatic carbocycles. The van der Waals surface area contributed by atoms with Crippen molar-refractivity contribution in [2.45, 2.75) is 32.2 Å². The van der Waals surface area contributed by atoms with E-state index >= 15 is 0 Å². The highest BCUT2D eigenvalue weighted by Crippen LogP contribution is 2.31. The molecule has 1 aliphatic heterocycles. The molecule has 1 aromatic rings. The first-order valence-electron chi connectivity index (χ1n) is 6.02. The van der Waals surface area contributed by atoms with Crippen LogP contribution in [0.3, 0.4) is 0 Å². The van der Waals surface area contributed by atoms with Crippen LogP contribution in [-0.4, -0.2) is 24.3 Å². The van der Waals surface area contributed by atoms with E-state index in [1.807, 2.05) is 6.92 Å². The third-order valence-electron chi connectivity index (χ3n) is 3.50. The minimum absolute atomic E-state index is 0.289. The molecule has 0 N–H and O–H groups in total. The summed E-state index contributed by atoms with van der Waals surface area (Å²) in [5, 5.41) is 0. The van der Waals surface area contributed by atoms with Gasteiger partial charge in [-0.05, 0) is 24.6 Å². The molecule has 1 aromatic carbocycles. The highest BCUT2D eigenvalue weighted by Gasteiger charge is 2.25. The Labute approximate surface area is 97.3 Å². The van der Waals surface area contributed by atoms with E-state index in [4.69, 9.17) is 0 Å². The van der Waals surface area contributed by atoms with Crippen molar-refractivity contribution in [3.63, 3.8) is 0 Å². The Morgan fingerprint density at radius 3 is 2.94 bits per heavy atom. The number of nitrogens with zero attached hydrogens (tertiary/aromatic N) is 1. The lowest BCUT2D eigenvalue weighted by molar-refractivity contribution is -0.120. The fourth-order valence-corrected chi connectivity index (χ4v) is 2.40. The van der Waals surface area contributed by atoms with Crippen molar-refractivity contribution in [3.8, 4) is 0 Å². The molecule has 2 rings (SSSR count). The van der Waals surface area contributed by atoms with E-state index in [9.17, 15) is 4.79 Å². The van der Waals surface area contributed by atoms with Gasteiger partial charge < -0.3 is 0 Å². The molecule has 0 aromatic heterocycles. The number of Topliss-reactive ketones (excluding diaryl/α,β-unsaturated/α-hetero) is 1. The van der Waals surface area contributed by atoms with Crippen LogP contribution in [0.1, 0.15) is 36.9 Å². The highest BCUT2D eigenvalue weighted by atomic mass is 16.1. The first-order valence-corrected chi connectivity index (χ1v) is 6.02. The number of carbonyl (C=O) groups excluding carboxylic acids is 1. The molecular weight excluding hydrogens is 198 g/mol. The minimum atomic E-state index is 0.289. The lowest BCUT2D eigenvalue weighted by Crippen LogP contribution is -2.33. The van der Waals surface area contributed by atoms with Gasteiger partial charge in [0.15, 0.2) is 0 Å². The maximum atomic E-state index is 11.6. The largest absolute Gasteiger partial charge is 0.300 e. The van der Waals surface area contributed by atoms with Crippen LogP contribution >= 0.6 is 0 Å². The zero-order chi connectivity index (χ0) is 11.5. The summed E-state index contributed by atoms with van der Waals surface area (Å²) in [6, 6.07) is 8.80. The van der Waals surface area contributed by atoms with E-state index < -0.39 is 0 Å². The van der Waals surface area contributed by atoms with E-state index in [0.29, 0.717) is 18.6 Å². The number of rotatable bonds is 3. The van der Waals surface area contributed by atoms with Gasteiger partial charge in [-0.1, -0.05) is 31.2 Å². The maximum absolute atomic E-state index is 11.6. The Hall–Kier alpha value is -1.15. The summed E-state index contributed by atoms with van der Waals surface area (Å²) >= 11 is 0. The zero-order valence-corrected chi connectivity index (χ0v) is 10.1. The quantitative estimate of drug-likeness (QED) is 0.775. The summed E-state index contributed by atoms with van der Waals surface area (Å²) in [5.74, 6) is 0.355. The van der Waals surface area contributed by atoms with Gasteiger partial charge in [-0.3, -0.25) is 9.69 Å². The lowest BCUT2D eigenvalue weighted by Gasteiger charge is -2.34. The summed E-state index contributed by atoms with van der Waals surface area (Å²) in [6.07, 6.45) is 2.40. The number of likely N-dealkylation sites (N-methyl/N-ethyl adjacent to an activating group) is 1. The number of carbonyl (C=O) groups is 1. The highest BCUT2D eigenvalue weighted by molar-refractivity contribution is 5.79. The molecule has 2 nitrogen and oxygen atoms in total. The number of hydrogen-bond acceptors (Lipinski definition) is 2. The Bertz CT molecular complexity index is 386. The van der Waals surface area contributed by atoms with Gasteiger partial charge in [0.25, 0.3) is 0 Å². The van der Waals surface area contributed by atoms with Crippen LogP contribution in [-0.2, 0) is 11.2 Å². The number of ketones is 1. The number of benzene rings is 1. The molecule has 0 radical (unpaired) electrons. The van der Waals surface area contributed by atoms with Crippen LogP contribution in [0.4, 0.5) is 0 Å². The molecule has 0 saturated heterocycles. The second kappa shape index (κ2) is 4.79. The van der Waals surface area contributed by atoms with E-state index in [0.717, 1.165) is 13.0 Å². The van der Waals surface area contributed by atoms with Crippen LogP contribution in [0.25, 0.3) is 0 Å². The molecule has 0 fully saturated rings. The smallest absolute Gasteiger partial charge is 0.134 e. The van der Waals surface area contributed by atoms with Gasteiger partial charge in [-0.25, -0.2) is 0 Å². The molecule has 1 atom stereocenters. The van der Waals surface area contributed by atoms with Crippen molar-refractivity contribution < 1.29 is 4.79 Å². The van der Waals surface area contributed by atoms with Crippen LogP contribution in [0.5, 0.6) is 0 Å². The van der Waals surface area contributed by atoms with Crippen molar-refractivity contribution >= 4 is 5.78 Å². The monoisotopic (exact) mass is 217 g/mol. The number of fused-ring (bicyclic) bond motifs is 1. The molecule has 0 amide bonds. The normalized spacial score (nSPS) is 20.5. The van der Waals surface area contributed by atoms with Crippen molar-refractivity contribution in [2.24, 2.45) is 0 Å². The molecule has 16 heavy (non-hydrogen) atoms. The first kappa shape index (κ1) is 11.3. The fourth-order valence-electron chi connectivity index (χ4n) is 2.40. The Morgan fingerprint density at radius 2 is 2.19 bits per heavy atom. The SMILES string of the molecule is CCC(=O)CC1c2ccccc2CCN1C. The van der Waals surface area contributed by atoms with E-state index in [1.54, 1.807) is 0 Å². The van der Waals surface area contributed by atoms with Gasteiger partial charge in [0.1, 0.15) is 5.78 Å². The Balaban J connectivity index is 2.26. The second-order valence-electron chi connectivity index (χ2n) is 4.54. The van der Waals surface area contributed by atoms with Crippen molar-refractivity contribution in [3.05, 3.63) is 35.4 Å². The zero-order valence-electron chi connectivity index (χ0n) is 10.1. The lowest BCUT2D eigenvalue weighted by atomic mass is 9.90. The van der Waals surface area contributed by atoms with Crippen molar-refractivity contribution in [1.29, 1.82) is 0 Å². The standard InChI is InChI=1S/C14H19NO/c1-3-12(16)10-14-13-7-5-4-6-11(13)8-9-15(14)2/h4-7,14H,3,8-10H2,1-2H3. The van der Waals surface area contributed by atoms with Crippen molar-refractivity contribution in [2.75, 3.05) is 13.6 Å². The first-order chi connectivity index (χ1) is 7.72. The molecule has 1 heterocycles. The summed E-state index contributed by atoms with van der Waals surface area (Å²) < 4.78 is 0. The molecule has 0 bridgehead atoms. The second-order valence-corrected chi connectivity index (χ2v) is 4.54. The van der Waals surface area contributed by atoms with Crippen LogP contribution in [0, 0.1) is 0 Å². The van der Waals surface area contributed by atoms with Gasteiger partial charge in [-0.15, -0.1) is 0 Å². The molecule has 86 valence electrons. The molecule has 1 unspecified atom stereocenters. The Morgan fingerprint density at radius 1 is 1.44 bits per heavy atom. The van der Waals surface area contributed by atoms with E-state index in [-0.39, 0.29) is 6.04 Å². The van der Waals surface area contributed by atoms with E-state index in [2.05, 4.69) is 36.2 Å². The topological polar surface area (TPSA) is 20.3 Å². The van der Waals surface area contributed by atoms with E-state index in [1.165, 1.54) is 11.1 Å². The van der Waals surface area contributed by atoms with Crippen LogP contribution < -0.4 is 0 Å². The molecule has 0 spiro atoms. The van der Waals surface area contributed by atoms with Gasteiger partial charge >= 0.3 is 0 Å². The summed E-state index contributed by atoms with van der Waals surface area (Å²) in [4.78, 5) is 13.9. The Kier molecular flexibility index (Phi) is 3.39. The summed E-state index contributed by atoms with van der Waals surface area (Å²) in [7, 11) is 2.11. The minimum Gasteiger partial charge on any atom is -0.300 e. The van der Waals surface area contributed by atoms with Gasteiger partial charge in [0, 0.05) is 25.4 Å². The third-order valence-corrected chi connectivity index (χ3v) is 3.50. The summed E-state index contributed by atoms with van der Waals surface area (Å²) in [6.45, 7) is 3.00. The molecule has 0 saturated carbocycles. The summed E-state index contributed by atoms with van der Waals surface area (Å²) in [5.41, 5.74) is 2.76. The predicted octanol–water partition coefficient (Wildman–Crippen LogP) is 2.58. The van der Waals surface area contributed by atoms with Gasteiger partial charge in [0.2, 0.25) is 0 Å². The molecular formula is C14H19NO. The fraction of sp³-hybridized carbons (Fsp3) is 0.500. The van der Waals surface area contributed by atoms with Crippen LogP contribution in [0.2, 0.25) is 0 Å². The maximum Gasteiger partial charge on any atom is 0.134 e. The molecule has 1 aliphatic rings. The number of hydrogen-bond donors (Lipinski definition) is 0. The predicted molar refractivity (Wildman–Crippen MR) is 65.4 cm³/mol. The average Bonchev–Trinajstić information content (AvgIpc) is 2.32. The van der Waals surface area contributed by atoms with Crippen LogP contribution in [0.15, 0.2) is 24.3 Å². The van der Waals surface area contributed by atoms with Crippen molar-refractivity contribution in [1.82, 2.24) is 4.90 Å². The van der Waals surface area contributed by atoms with Gasteiger partial charge in [0.05, 0.1) is 0 Å². The third kappa shape index (κ3) is 2.17. The average molecular weight is 217 g/mol.